The molecule has 2 saturated heterocycles. The second kappa shape index (κ2) is 7.00. The van der Waals surface area contributed by atoms with Crippen LogP contribution in [0.1, 0.15) is 26.7 Å². The van der Waals surface area contributed by atoms with Crippen LogP contribution in [0.25, 0.3) is 0 Å². The van der Waals surface area contributed by atoms with Crippen molar-refractivity contribution in [3.05, 3.63) is 30.3 Å². The fourth-order valence-electron chi connectivity index (χ4n) is 4.04. The number of benzene rings is 1. The van der Waals surface area contributed by atoms with E-state index in [1.165, 1.54) is 5.69 Å². The number of aliphatic hydroxyl groups excluding tert-OH is 3. The third kappa shape index (κ3) is 3.59. The van der Waals surface area contributed by atoms with Gasteiger partial charge >= 0.3 is 0 Å². The maximum Gasteiger partial charge on any atom is 0.108 e. The van der Waals surface area contributed by atoms with Crippen LogP contribution in [0.4, 0.5) is 5.69 Å². The van der Waals surface area contributed by atoms with E-state index in [1.807, 2.05) is 13.0 Å². The molecule has 4 atom stereocenters. The van der Waals surface area contributed by atoms with Crippen LogP contribution in [0, 0.1) is 5.41 Å². The number of hydrogen-bond donors (Lipinski definition) is 3. The van der Waals surface area contributed by atoms with Crippen molar-refractivity contribution in [3.8, 4) is 0 Å². The molecule has 3 rings (SSSR count). The first-order chi connectivity index (χ1) is 11.4. The van der Waals surface area contributed by atoms with E-state index in [9.17, 15) is 15.3 Å². The molecule has 1 aromatic rings. The fraction of sp³-hybridized carbons (Fsp3) is 0.684. The van der Waals surface area contributed by atoms with Crippen LogP contribution in [0.3, 0.4) is 0 Å². The third-order valence-corrected chi connectivity index (χ3v) is 5.91. The summed E-state index contributed by atoms with van der Waals surface area (Å²) in [6.45, 7) is 7.55. The van der Waals surface area contributed by atoms with Crippen molar-refractivity contribution >= 4 is 5.69 Å². The molecule has 2 heterocycles. The summed E-state index contributed by atoms with van der Waals surface area (Å²) in [6, 6.07) is 10.4. The zero-order chi connectivity index (χ0) is 17.3. The molecule has 2 aliphatic rings. The van der Waals surface area contributed by atoms with E-state index in [0.717, 1.165) is 32.5 Å². The Morgan fingerprint density at radius 3 is 2.29 bits per heavy atom. The summed E-state index contributed by atoms with van der Waals surface area (Å²) in [4.78, 5) is 4.56. The van der Waals surface area contributed by atoms with E-state index < -0.39 is 18.3 Å². The summed E-state index contributed by atoms with van der Waals surface area (Å²) in [5, 5.41) is 29.9. The third-order valence-electron chi connectivity index (χ3n) is 5.91. The van der Waals surface area contributed by atoms with E-state index in [0.29, 0.717) is 6.54 Å². The minimum atomic E-state index is -1.04. The predicted molar refractivity (Wildman–Crippen MR) is 95.1 cm³/mol. The van der Waals surface area contributed by atoms with Gasteiger partial charge in [-0.05, 0) is 37.3 Å². The first-order valence-corrected chi connectivity index (χ1v) is 8.98. The van der Waals surface area contributed by atoms with Crippen LogP contribution in [0.5, 0.6) is 0 Å². The first kappa shape index (κ1) is 17.7. The number of para-hydroxylation sites is 1. The van der Waals surface area contributed by atoms with E-state index in [2.05, 4.69) is 41.0 Å². The van der Waals surface area contributed by atoms with Gasteiger partial charge in [-0.1, -0.05) is 25.1 Å². The lowest BCUT2D eigenvalue weighted by atomic mass is 9.78. The standard InChI is InChI=1S/C19H30N2O3/c1-14-17(23)18(24)16(22)12-21(14)13-19(2)8-10-20(11-9-19)15-6-4-3-5-7-15/h3-7,14,16-18,22-24H,8-13H2,1-2H3/t14-,16+,17-,18-/m1/s1. The fourth-order valence-corrected chi connectivity index (χ4v) is 4.04. The number of β-amino-alcohol motifs (C(OH)–C–C–N with tert-alkyl or cyclic N) is 1. The van der Waals surface area contributed by atoms with Crippen molar-refractivity contribution in [2.45, 2.75) is 51.0 Å². The molecule has 2 fully saturated rings. The summed E-state index contributed by atoms with van der Waals surface area (Å²) in [5.74, 6) is 0. The molecule has 24 heavy (non-hydrogen) atoms. The van der Waals surface area contributed by atoms with Crippen molar-refractivity contribution in [1.82, 2.24) is 4.90 Å². The lowest BCUT2D eigenvalue weighted by Gasteiger charge is -2.48. The first-order valence-electron chi connectivity index (χ1n) is 8.98. The van der Waals surface area contributed by atoms with Crippen molar-refractivity contribution < 1.29 is 15.3 Å². The Hall–Kier alpha value is -1.14. The molecule has 0 bridgehead atoms. The molecule has 5 heteroatoms. The molecular formula is C19H30N2O3. The number of piperidine rings is 2. The predicted octanol–water partition coefficient (Wildman–Crippen LogP) is 1.08. The Bertz CT molecular complexity index is 531. The van der Waals surface area contributed by atoms with Crippen LogP contribution in [-0.2, 0) is 0 Å². The molecule has 0 amide bonds. The lowest BCUT2D eigenvalue weighted by molar-refractivity contribution is -0.139. The van der Waals surface area contributed by atoms with Crippen molar-refractivity contribution in [3.63, 3.8) is 0 Å². The smallest absolute Gasteiger partial charge is 0.108 e. The topological polar surface area (TPSA) is 67.2 Å². The lowest BCUT2D eigenvalue weighted by Crippen LogP contribution is -2.62. The Morgan fingerprint density at radius 2 is 1.67 bits per heavy atom. The van der Waals surface area contributed by atoms with Crippen LogP contribution < -0.4 is 4.90 Å². The van der Waals surface area contributed by atoms with Crippen molar-refractivity contribution in [1.29, 1.82) is 0 Å². The zero-order valence-corrected chi connectivity index (χ0v) is 14.7. The minimum absolute atomic E-state index is 0.132. The highest BCUT2D eigenvalue weighted by Gasteiger charge is 2.42. The molecule has 3 N–H and O–H groups in total. The zero-order valence-electron chi connectivity index (χ0n) is 14.7. The van der Waals surface area contributed by atoms with Crippen LogP contribution in [0.15, 0.2) is 30.3 Å². The highest BCUT2D eigenvalue weighted by Crippen LogP contribution is 2.35. The van der Waals surface area contributed by atoms with E-state index in [-0.39, 0.29) is 11.5 Å². The Morgan fingerprint density at radius 1 is 1.04 bits per heavy atom. The summed E-state index contributed by atoms with van der Waals surface area (Å²) < 4.78 is 0. The molecular weight excluding hydrogens is 304 g/mol. The molecule has 0 saturated carbocycles. The van der Waals surface area contributed by atoms with Crippen molar-refractivity contribution in [2.24, 2.45) is 5.41 Å². The van der Waals surface area contributed by atoms with Gasteiger partial charge in [-0.3, -0.25) is 4.90 Å². The number of nitrogens with zero attached hydrogens (tertiary/aromatic N) is 2. The summed E-state index contributed by atoms with van der Waals surface area (Å²) >= 11 is 0. The number of hydrogen-bond acceptors (Lipinski definition) is 5. The second-order valence-corrected chi connectivity index (χ2v) is 7.85. The highest BCUT2D eigenvalue weighted by atomic mass is 16.4. The number of aliphatic hydroxyl groups is 3. The molecule has 5 nitrogen and oxygen atoms in total. The van der Waals surface area contributed by atoms with Gasteiger partial charge in [0.1, 0.15) is 6.10 Å². The highest BCUT2D eigenvalue weighted by molar-refractivity contribution is 5.46. The monoisotopic (exact) mass is 334 g/mol. The van der Waals surface area contributed by atoms with Gasteiger partial charge in [0, 0.05) is 37.9 Å². The van der Waals surface area contributed by atoms with Crippen LogP contribution in [0.2, 0.25) is 0 Å². The number of rotatable bonds is 3. The van der Waals surface area contributed by atoms with Gasteiger partial charge in [0.25, 0.3) is 0 Å². The minimum Gasteiger partial charge on any atom is -0.389 e. The molecule has 0 unspecified atom stereocenters. The number of anilines is 1. The Kier molecular flexibility index (Phi) is 5.16. The van der Waals surface area contributed by atoms with Gasteiger partial charge in [0.05, 0.1) is 12.2 Å². The maximum atomic E-state index is 10.1. The molecule has 0 aliphatic carbocycles. The van der Waals surface area contributed by atoms with Gasteiger partial charge in [-0.25, -0.2) is 0 Å². The average Bonchev–Trinajstić information content (AvgIpc) is 2.59. The summed E-state index contributed by atoms with van der Waals surface area (Å²) in [5.41, 5.74) is 1.45. The molecule has 134 valence electrons. The molecule has 0 spiro atoms. The quantitative estimate of drug-likeness (QED) is 0.772. The van der Waals surface area contributed by atoms with E-state index >= 15 is 0 Å². The largest absolute Gasteiger partial charge is 0.389 e. The molecule has 1 aromatic carbocycles. The summed E-state index contributed by atoms with van der Waals surface area (Å²) in [7, 11) is 0. The van der Waals surface area contributed by atoms with Gasteiger partial charge in [-0.2, -0.15) is 0 Å². The second-order valence-electron chi connectivity index (χ2n) is 7.85. The molecule has 2 aliphatic heterocycles. The van der Waals surface area contributed by atoms with Gasteiger partial charge in [-0.15, -0.1) is 0 Å². The van der Waals surface area contributed by atoms with Gasteiger partial charge in [0.2, 0.25) is 0 Å². The van der Waals surface area contributed by atoms with Gasteiger partial charge < -0.3 is 20.2 Å². The molecule has 0 aromatic heterocycles. The summed E-state index contributed by atoms with van der Waals surface area (Å²) in [6.07, 6.45) is -0.630. The van der Waals surface area contributed by atoms with E-state index in [4.69, 9.17) is 0 Å². The van der Waals surface area contributed by atoms with Gasteiger partial charge in [0.15, 0.2) is 0 Å². The van der Waals surface area contributed by atoms with Crippen LogP contribution in [-0.4, -0.2) is 70.8 Å². The van der Waals surface area contributed by atoms with Crippen molar-refractivity contribution in [2.75, 3.05) is 31.1 Å². The Balaban J connectivity index is 1.60. The van der Waals surface area contributed by atoms with Crippen LogP contribution >= 0.6 is 0 Å². The Labute approximate surface area is 144 Å². The average molecular weight is 334 g/mol. The number of likely N-dealkylation sites (tertiary alicyclic amines) is 1. The molecule has 0 radical (unpaired) electrons. The van der Waals surface area contributed by atoms with E-state index in [1.54, 1.807) is 0 Å². The maximum absolute atomic E-state index is 10.1. The normalized spacial score (nSPS) is 34.3. The SMILES string of the molecule is C[C@@H]1[C@@H](O)[C@H](O)[C@@H](O)CN1CC1(C)CCN(c2ccccc2)CC1.